The maximum Gasteiger partial charge on any atom is 0.328 e. The topological polar surface area (TPSA) is 351 Å². The van der Waals surface area contributed by atoms with Crippen LogP contribution in [-0.2, 0) is 38.4 Å². The Hall–Kier alpha value is -4.44. The summed E-state index contributed by atoms with van der Waals surface area (Å²) in [4.78, 5) is 105. The smallest absolute Gasteiger partial charge is 0.328 e. The van der Waals surface area contributed by atoms with Crippen molar-refractivity contribution in [1.29, 1.82) is 0 Å². The molecule has 0 aliphatic carbocycles. The Morgan fingerprint density at radius 3 is 1.63 bits per heavy atom. The minimum Gasteiger partial charge on any atom is -0.480 e. The zero-order chi connectivity index (χ0) is 43.4. The van der Waals surface area contributed by atoms with Crippen molar-refractivity contribution in [2.24, 2.45) is 23.1 Å². The van der Waals surface area contributed by atoms with Crippen molar-refractivity contribution < 1.29 is 53.7 Å². The lowest BCUT2D eigenvalue weighted by Crippen LogP contribution is -2.61. The predicted molar refractivity (Wildman–Crippen MR) is 207 cm³/mol. The first-order valence-corrected chi connectivity index (χ1v) is 19.6. The van der Waals surface area contributed by atoms with Crippen LogP contribution in [0.3, 0.4) is 0 Å². The van der Waals surface area contributed by atoms with E-state index in [0.29, 0.717) is 32.1 Å². The Morgan fingerprint density at radius 1 is 0.684 bits per heavy atom. The summed E-state index contributed by atoms with van der Waals surface area (Å²) in [6.07, 6.45) is 1.23. The molecule has 0 aromatic rings. The van der Waals surface area contributed by atoms with Gasteiger partial charge in [-0.3, -0.25) is 33.6 Å². The maximum atomic E-state index is 13.6. The monoisotopic (exact) mass is 814 g/mol. The van der Waals surface area contributed by atoms with Gasteiger partial charge in [-0.1, -0.05) is 13.8 Å². The molecule has 7 amide bonds. The van der Waals surface area contributed by atoms with E-state index in [1.54, 1.807) is 0 Å². The lowest BCUT2D eigenvalue weighted by Gasteiger charge is -2.30. The number of nitrogens with two attached hydrogens (primary N) is 3. The Bertz CT molecular complexity index is 1370. The summed E-state index contributed by atoms with van der Waals surface area (Å²) in [6.45, 7) is 7.72. The van der Waals surface area contributed by atoms with Gasteiger partial charge in [-0.15, -0.1) is 0 Å². The third-order valence-electron chi connectivity index (χ3n) is 9.34. The second-order valence-electron chi connectivity index (χ2n) is 14.9. The van der Waals surface area contributed by atoms with E-state index in [1.165, 1.54) is 25.7 Å². The van der Waals surface area contributed by atoms with Crippen LogP contribution in [-0.4, -0.2) is 148 Å². The number of amides is 7. The third-order valence-corrected chi connectivity index (χ3v) is 9.34. The summed E-state index contributed by atoms with van der Waals surface area (Å²) in [6, 6.07) is -9.76. The Kier molecular flexibility index (Phi) is 22.8. The van der Waals surface area contributed by atoms with E-state index < -0.39 is 108 Å². The number of carbonyl (C=O) groups is 8. The Labute approximate surface area is 333 Å². The standard InChI is InChI=1S/C36H66N10O11/c1-19(2)17-25(43-29(49)20(3)39)32(52)40-21(4)35(55)46-16-10-13-27(46)33(53)45-28(22(5)48)34(54)42-24(12-7-9-15-38)30(50)41-23(11-6-8-14-37)31(51)44-26(18-47)36(56)57/h19-28,47-48H,6-18,37-39H2,1-5H3,(H,40,52)(H,41,50)(H,42,54)(H,43,49)(H,44,51)(H,45,53)(H,56,57)/t20-,21-,22+,23-,24-,25-,26-,27-,28-/m0/s1. The number of unbranched alkanes of at least 4 members (excludes halogenated alkanes) is 2. The van der Waals surface area contributed by atoms with Gasteiger partial charge in [0.2, 0.25) is 41.4 Å². The highest BCUT2D eigenvalue weighted by Crippen LogP contribution is 2.19. The van der Waals surface area contributed by atoms with Crippen molar-refractivity contribution in [3.8, 4) is 0 Å². The molecule has 0 radical (unpaired) electrons. The van der Waals surface area contributed by atoms with Crippen LogP contribution in [0.4, 0.5) is 0 Å². The molecule has 57 heavy (non-hydrogen) atoms. The van der Waals surface area contributed by atoms with Crippen molar-refractivity contribution in [3.05, 3.63) is 0 Å². The van der Waals surface area contributed by atoms with Gasteiger partial charge in [-0.25, -0.2) is 4.79 Å². The fourth-order valence-electron chi connectivity index (χ4n) is 6.10. The molecular formula is C36H66N10O11. The normalized spacial score (nSPS) is 18.2. The van der Waals surface area contributed by atoms with Gasteiger partial charge in [-0.05, 0) is 97.6 Å². The molecular weight excluding hydrogens is 748 g/mol. The number of hydrogen-bond donors (Lipinski definition) is 12. The summed E-state index contributed by atoms with van der Waals surface area (Å²) in [5, 5.41) is 44.2. The van der Waals surface area contributed by atoms with E-state index >= 15 is 0 Å². The first kappa shape index (κ1) is 50.6. The molecule has 1 heterocycles. The molecule has 0 bridgehead atoms. The van der Waals surface area contributed by atoms with Crippen molar-refractivity contribution in [3.63, 3.8) is 0 Å². The van der Waals surface area contributed by atoms with E-state index in [4.69, 9.17) is 17.2 Å². The van der Waals surface area contributed by atoms with E-state index in [2.05, 4.69) is 31.9 Å². The number of hydrogen-bond acceptors (Lipinski definition) is 13. The van der Waals surface area contributed by atoms with Crippen molar-refractivity contribution in [1.82, 2.24) is 36.8 Å². The van der Waals surface area contributed by atoms with Crippen molar-refractivity contribution >= 4 is 47.3 Å². The lowest BCUT2D eigenvalue weighted by molar-refractivity contribution is -0.143. The third kappa shape index (κ3) is 17.3. The van der Waals surface area contributed by atoms with Gasteiger partial charge in [-0.2, -0.15) is 0 Å². The van der Waals surface area contributed by atoms with Crippen LogP contribution in [0.5, 0.6) is 0 Å². The molecule has 0 aromatic carbocycles. The highest BCUT2D eigenvalue weighted by molar-refractivity contribution is 5.97. The van der Waals surface area contributed by atoms with Gasteiger partial charge >= 0.3 is 5.97 Å². The minimum atomic E-state index is -1.63. The molecule has 9 atom stereocenters. The van der Waals surface area contributed by atoms with E-state index in [-0.39, 0.29) is 51.2 Å². The van der Waals surface area contributed by atoms with Crippen LogP contribution in [0.1, 0.15) is 92.4 Å². The van der Waals surface area contributed by atoms with Crippen LogP contribution in [0.2, 0.25) is 0 Å². The van der Waals surface area contributed by atoms with E-state index in [0.717, 1.165) is 0 Å². The van der Waals surface area contributed by atoms with Crippen LogP contribution >= 0.6 is 0 Å². The van der Waals surface area contributed by atoms with Gasteiger partial charge in [0.05, 0.1) is 18.8 Å². The number of nitrogens with one attached hydrogen (secondary N) is 6. The van der Waals surface area contributed by atoms with Crippen molar-refractivity contribution in [2.75, 3.05) is 26.2 Å². The minimum absolute atomic E-state index is 0.0160. The number of carboxylic acids is 1. The maximum absolute atomic E-state index is 13.6. The zero-order valence-corrected chi connectivity index (χ0v) is 33.8. The lowest BCUT2D eigenvalue weighted by atomic mass is 10.0. The van der Waals surface area contributed by atoms with Crippen LogP contribution in [0, 0.1) is 5.92 Å². The molecule has 1 fully saturated rings. The average Bonchev–Trinajstić information content (AvgIpc) is 3.64. The molecule has 1 rings (SSSR count). The fourth-order valence-corrected chi connectivity index (χ4v) is 6.10. The molecule has 0 aromatic heterocycles. The van der Waals surface area contributed by atoms with Gasteiger partial charge in [0.25, 0.3) is 0 Å². The highest BCUT2D eigenvalue weighted by Gasteiger charge is 2.40. The van der Waals surface area contributed by atoms with Crippen LogP contribution in [0.25, 0.3) is 0 Å². The molecule has 326 valence electrons. The largest absolute Gasteiger partial charge is 0.480 e. The molecule has 0 unspecified atom stereocenters. The number of likely N-dealkylation sites (tertiary alicyclic amines) is 1. The summed E-state index contributed by atoms with van der Waals surface area (Å²) in [7, 11) is 0. The van der Waals surface area contributed by atoms with Gasteiger partial charge < -0.3 is 69.3 Å². The first-order valence-electron chi connectivity index (χ1n) is 19.6. The molecule has 0 spiro atoms. The Balaban J connectivity index is 3.16. The van der Waals surface area contributed by atoms with E-state index in [1.807, 2.05) is 13.8 Å². The molecule has 1 aliphatic rings. The number of aliphatic hydroxyl groups is 2. The first-order chi connectivity index (χ1) is 26.8. The molecule has 21 heteroatoms. The summed E-state index contributed by atoms with van der Waals surface area (Å²) < 4.78 is 0. The summed E-state index contributed by atoms with van der Waals surface area (Å²) in [5.74, 6) is -6.59. The Morgan fingerprint density at radius 2 is 1.18 bits per heavy atom. The zero-order valence-electron chi connectivity index (χ0n) is 33.8. The summed E-state index contributed by atoms with van der Waals surface area (Å²) in [5.41, 5.74) is 16.9. The number of rotatable bonds is 26. The SMILES string of the molecule is CC(C)C[C@H](NC(=O)[C@H](C)N)C(=O)N[C@@H](C)C(=O)N1CCC[C@H]1C(=O)N[C@H](C(=O)N[C@@H](CCCCN)C(=O)N[C@@H](CCCCN)C(=O)N[C@@H](CO)C(=O)O)[C@@H](C)O. The average molecular weight is 815 g/mol. The van der Waals surface area contributed by atoms with Gasteiger partial charge in [0.15, 0.2) is 0 Å². The number of aliphatic carboxylic acids is 1. The molecule has 21 nitrogen and oxygen atoms in total. The molecule has 1 saturated heterocycles. The quantitative estimate of drug-likeness (QED) is 0.0371. The fraction of sp³-hybridized carbons (Fsp3) is 0.778. The van der Waals surface area contributed by atoms with Crippen LogP contribution < -0.4 is 49.1 Å². The number of carboxylic acid groups (broad SMARTS) is 1. The van der Waals surface area contributed by atoms with Gasteiger partial charge in [0.1, 0.15) is 42.3 Å². The van der Waals surface area contributed by atoms with Crippen molar-refractivity contribution in [2.45, 2.75) is 147 Å². The van der Waals surface area contributed by atoms with Gasteiger partial charge in [0, 0.05) is 6.54 Å². The number of nitrogens with zero attached hydrogens (tertiary/aromatic N) is 1. The summed E-state index contributed by atoms with van der Waals surface area (Å²) >= 11 is 0. The second kappa shape index (κ2) is 25.7. The molecule has 0 saturated carbocycles. The van der Waals surface area contributed by atoms with E-state index in [9.17, 15) is 53.7 Å². The molecule has 1 aliphatic heterocycles. The number of carbonyl (C=O) groups excluding carboxylic acids is 7. The predicted octanol–water partition coefficient (Wildman–Crippen LogP) is -3.98. The number of aliphatic hydroxyl groups excluding tert-OH is 2. The second-order valence-corrected chi connectivity index (χ2v) is 14.9. The van der Waals surface area contributed by atoms with Crippen LogP contribution in [0.15, 0.2) is 0 Å². The molecule has 15 N–H and O–H groups in total. The highest BCUT2D eigenvalue weighted by atomic mass is 16.4.